The summed E-state index contributed by atoms with van der Waals surface area (Å²) in [6.07, 6.45) is 7.10. The molecule has 0 saturated heterocycles. The summed E-state index contributed by atoms with van der Waals surface area (Å²) in [7, 11) is 0. The van der Waals surface area contributed by atoms with Crippen molar-refractivity contribution >= 4 is 11.8 Å². The fourth-order valence-electron chi connectivity index (χ4n) is 2.58. The van der Waals surface area contributed by atoms with Crippen LogP contribution in [0, 0.1) is 11.3 Å². The summed E-state index contributed by atoms with van der Waals surface area (Å²) < 4.78 is 0. The number of thioether (sulfide) groups is 1. The highest BCUT2D eigenvalue weighted by Gasteiger charge is 2.36. The molecule has 102 valence electrons. The van der Waals surface area contributed by atoms with E-state index in [1.165, 1.54) is 6.42 Å². The van der Waals surface area contributed by atoms with Gasteiger partial charge in [0.25, 0.3) is 0 Å². The van der Waals surface area contributed by atoms with E-state index < -0.39 is 0 Å². The van der Waals surface area contributed by atoms with E-state index in [1.807, 2.05) is 36.2 Å². The Morgan fingerprint density at radius 1 is 1.58 bits per heavy atom. The Morgan fingerprint density at radius 2 is 2.47 bits per heavy atom. The van der Waals surface area contributed by atoms with Gasteiger partial charge in [0.15, 0.2) is 0 Å². The molecular formula is C15H21N3S. The largest absolute Gasteiger partial charge is 0.299 e. The van der Waals surface area contributed by atoms with Gasteiger partial charge in [0.1, 0.15) is 5.54 Å². The third kappa shape index (κ3) is 3.95. The fourth-order valence-corrected chi connectivity index (χ4v) is 3.85. The van der Waals surface area contributed by atoms with Gasteiger partial charge in [-0.2, -0.15) is 5.26 Å². The van der Waals surface area contributed by atoms with Crippen LogP contribution in [0.2, 0.25) is 0 Å². The van der Waals surface area contributed by atoms with Crippen molar-refractivity contribution in [2.45, 2.75) is 54.8 Å². The molecule has 1 aliphatic carbocycles. The van der Waals surface area contributed by atoms with Gasteiger partial charge in [-0.15, -0.1) is 11.8 Å². The van der Waals surface area contributed by atoms with Crippen molar-refractivity contribution in [1.29, 1.82) is 5.26 Å². The van der Waals surface area contributed by atoms with Crippen molar-refractivity contribution in [2.24, 2.45) is 0 Å². The Morgan fingerprint density at radius 3 is 3.16 bits per heavy atom. The first-order valence-corrected chi connectivity index (χ1v) is 7.90. The van der Waals surface area contributed by atoms with Crippen LogP contribution in [0.5, 0.6) is 0 Å². The zero-order valence-corrected chi connectivity index (χ0v) is 12.2. The lowest BCUT2D eigenvalue weighted by Crippen LogP contribution is -2.48. The van der Waals surface area contributed by atoms with Crippen LogP contribution in [0.3, 0.4) is 0 Å². The molecule has 3 nitrogen and oxygen atoms in total. The molecule has 0 radical (unpaired) electrons. The van der Waals surface area contributed by atoms with Crippen molar-refractivity contribution < 1.29 is 0 Å². The molecule has 0 amide bonds. The van der Waals surface area contributed by atoms with E-state index in [9.17, 15) is 5.26 Å². The van der Waals surface area contributed by atoms with Gasteiger partial charge in [0, 0.05) is 11.4 Å². The molecule has 1 saturated carbocycles. The van der Waals surface area contributed by atoms with E-state index in [-0.39, 0.29) is 5.54 Å². The second-order valence-corrected chi connectivity index (χ2v) is 6.45. The monoisotopic (exact) mass is 275 g/mol. The number of nitriles is 1. The third-order valence-electron chi connectivity index (χ3n) is 3.56. The third-order valence-corrected chi connectivity index (χ3v) is 4.78. The summed E-state index contributed by atoms with van der Waals surface area (Å²) in [4.78, 5) is 4.37. The lowest BCUT2D eigenvalue weighted by Gasteiger charge is -2.36. The number of nitrogens with one attached hydrogen (secondary N) is 1. The molecule has 2 rings (SSSR count). The van der Waals surface area contributed by atoms with Crippen LogP contribution in [-0.4, -0.2) is 22.3 Å². The van der Waals surface area contributed by atoms with Crippen molar-refractivity contribution in [3.05, 3.63) is 24.4 Å². The molecule has 0 aromatic carbocycles. The normalized spacial score (nSPS) is 26.8. The lowest BCUT2D eigenvalue weighted by atomic mass is 9.82. The quantitative estimate of drug-likeness (QED) is 0.895. The lowest BCUT2D eigenvalue weighted by molar-refractivity contribution is 0.304. The van der Waals surface area contributed by atoms with Crippen molar-refractivity contribution in [3.8, 4) is 6.07 Å². The van der Waals surface area contributed by atoms with Gasteiger partial charge >= 0.3 is 0 Å². The van der Waals surface area contributed by atoms with Crippen molar-refractivity contribution in [3.63, 3.8) is 0 Å². The highest BCUT2D eigenvalue weighted by Crippen LogP contribution is 2.37. The van der Waals surface area contributed by atoms with E-state index in [0.717, 1.165) is 37.3 Å². The zero-order valence-electron chi connectivity index (χ0n) is 11.4. The smallest absolute Gasteiger partial charge is 0.107 e. The Balaban J connectivity index is 1.98. The highest BCUT2D eigenvalue weighted by molar-refractivity contribution is 7.99. The van der Waals surface area contributed by atoms with Crippen LogP contribution in [0.15, 0.2) is 29.4 Å². The molecule has 2 atom stereocenters. The first kappa shape index (κ1) is 14.4. The van der Waals surface area contributed by atoms with Crippen LogP contribution in [-0.2, 0) is 0 Å². The van der Waals surface area contributed by atoms with Gasteiger partial charge in [-0.1, -0.05) is 13.0 Å². The molecular weight excluding hydrogens is 254 g/mol. The first-order chi connectivity index (χ1) is 9.28. The summed E-state index contributed by atoms with van der Waals surface area (Å²) in [6.45, 7) is 3.07. The second kappa shape index (κ2) is 6.93. The Labute approximate surface area is 119 Å². The minimum absolute atomic E-state index is 0.319. The van der Waals surface area contributed by atoms with E-state index in [4.69, 9.17) is 0 Å². The maximum absolute atomic E-state index is 9.51. The molecule has 1 N–H and O–H groups in total. The molecule has 4 heteroatoms. The summed E-state index contributed by atoms with van der Waals surface area (Å²) in [5.74, 6) is 0. The molecule has 19 heavy (non-hydrogen) atoms. The number of pyridine rings is 1. The fraction of sp³-hybridized carbons (Fsp3) is 0.600. The number of hydrogen-bond donors (Lipinski definition) is 1. The Bertz CT molecular complexity index is 429. The second-order valence-electron chi connectivity index (χ2n) is 5.12. The van der Waals surface area contributed by atoms with Gasteiger partial charge in [-0.3, -0.25) is 5.32 Å². The van der Waals surface area contributed by atoms with E-state index >= 15 is 0 Å². The Kier molecular flexibility index (Phi) is 5.24. The van der Waals surface area contributed by atoms with Gasteiger partial charge in [-0.25, -0.2) is 4.98 Å². The van der Waals surface area contributed by atoms with Crippen LogP contribution in [0.1, 0.15) is 39.0 Å². The molecule has 1 aliphatic rings. The topological polar surface area (TPSA) is 48.7 Å². The van der Waals surface area contributed by atoms with Crippen molar-refractivity contribution in [1.82, 2.24) is 10.3 Å². The summed E-state index contributed by atoms with van der Waals surface area (Å²) in [5.41, 5.74) is -0.319. The highest BCUT2D eigenvalue weighted by atomic mass is 32.2. The standard InChI is InChI=1S/C15H21N3S/c1-2-9-18-15(12-16)8-5-6-13(11-15)19-14-7-3-4-10-17-14/h3-4,7,10,13,18H,2,5-6,8-9,11H2,1H3. The van der Waals surface area contributed by atoms with Gasteiger partial charge in [-0.05, 0) is 50.8 Å². The molecule has 0 aliphatic heterocycles. The average Bonchev–Trinajstić information content (AvgIpc) is 2.46. The summed E-state index contributed by atoms with van der Waals surface area (Å²) in [5, 5.41) is 14.5. The van der Waals surface area contributed by atoms with Crippen LogP contribution in [0.4, 0.5) is 0 Å². The molecule has 2 unspecified atom stereocenters. The minimum atomic E-state index is -0.319. The maximum Gasteiger partial charge on any atom is 0.107 e. The molecule has 1 aromatic rings. The Hall–Kier alpha value is -1.05. The number of rotatable bonds is 5. The average molecular weight is 275 g/mol. The van der Waals surface area contributed by atoms with E-state index in [2.05, 4.69) is 23.3 Å². The summed E-state index contributed by atoms with van der Waals surface area (Å²) in [6, 6.07) is 8.53. The van der Waals surface area contributed by atoms with Crippen LogP contribution in [0.25, 0.3) is 0 Å². The predicted octanol–water partition coefficient (Wildman–Crippen LogP) is 3.38. The minimum Gasteiger partial charge on any atom is -0.299 e. The zero-order chi connectivity index (χ0) is 13.6. The maximum atomic E-state index is 9.51. The molecule has 1 aromatic heterocycles. The number of aromatic nitrogens is 1. The van der Waals surface area contributed by atoms with Crippen molar-refractivity contribution in [2.75, 3.05) is 6.54 Å². The first-order valence-electron chi connectivity index (χ1n) is 7.02. The predicted molar refractivity (Wildman–Crippen MR) is 79.0 cm³/mol. The summed E-state index contributed by atoms with van der Waals surface area (Å²) >= 11 is 1.81. The molecule has 0 bridgehead atoms. The van der Waals surface area contributed by atoms with Gasteiger partial charge in [0.2, 0.25) is 0 Å². The van der Waals surface area contributed by atoms with E-state index in [1.54, 1.807) is 0 Å². The van der Waals surface area contributed by atoms with Gasteiger partial charge in [0.05, 0.1) is 11.1 Å². The number of hydrogen-bond acceptors (Lipinski definition) is 4. The molecule has 1 heterocycles. The molecule has 1 fully saturated rings. The molecule has 0 spiro atoms. The van der Waals surface area contributed by atoms with Gasteiger partial charge < -0.3 is 0 Å². The van der Waals surface area contributed by atoms with E-state index in [0.29, 0.717) is 5.25 Å². The number of nitrogens with zero attached hydrogens (tertiary/aromatic N) is 2. The van der Waals surface area contributed by atoms with Crippen LogP contribution < -0.4 is 5.32 Å². The van der Waals surface area contributed by atoms with Crippen LogP contribution >= 0.6 is 11.8 Å². The SMILES string of the molecule is CCCNC1(C#N)CCCC(Sc2ccccn2)C1.